The Kier molecular flexibility index (Phi) is 3.83. The molecule has 4 heteroatoms. The molecule has 0 amide bonds. The number of anilines is 1. The van der Waals surface area contributed by atoms with E-state index in [9.17, 15) is 8.78 Å². The molecule has 1 rings (SSSR count). The van der Waals surface area contributed by atoms with Crippen molar-refractivity contribution in [2.24, 2.45) is 0 Å². The Labute approximate surface area is 82.1 Å². The Bertz CT molecular complexity index is 300. The van der Waals surface area contributed by atoms with Crippen molar-refractivity contribution in [3.63, 3.8) is 0 Å². The maximum Gasteiger partial charge on any atom is 0.250 e. The SMILES string of the molecule is Cc1ccc(CNCC(F)F)cc1N. The summed E-state index contributed by atoms with van der Waals surface area (Å²) in [6.07, 6.45) is -2.31. The molecule has 0 saturated heterocycles. The number of nitrogen functional groups attached to an aromatic ring is 1. The van der Waals surface area contributed by atoms with Gasteiger partial charge in [-0.3, -0.25) is 0 Å². The molecule has 0 aliphatic carbocycles. The first-order chi connectivity index (χ1) is 6.59. The monoisotopic (exact) mass is 200 g/mol. The number of hydrogen-bond donors (Lipinski definition) is 2. The van der Waals surface area contributed by atoms with Gasteiger partial charge in [0.2, 0.25) is 0 Å². The van der Waals surface area contributed by atoms with E-state index >= 15 is 0 Å². The first-order valence-corrected chi connectivity index (χ1v) is 4.43. The zero-order chi connectivity index (χ0) is 10.6. The van der Waals surface area contributed by atoms with Crippen LogP contribution >= 0.6 is 0 Å². The Balaban J connectivity index is 2.47. The Morgan fingerprint density at radius 1 is 1.43 bits per heavy atom. The molecule has 0 radical (unpaired) electrons. The Hall–Kier alpha value is -1.16. The zero-order valence-corrected chi connectivity index (χ0v) is 8.06. The average molecular weight is 200 g/mol. The van der Waals surface area contributed by atoms with Crippen LogP contribution in [0, 0.1) is 6.92 Å². The van der Waals surface area contributed by atoms with E-state index in [1.165, 1.54) is 0 Å². The normalized spacial score (nSPS) is 10.9. The van der Waals surface area contributed by atoms with Crippen LogP contribution in [0.5, 0.6) is 0 Å². The van der Waals surface area contributed by atoms with Crippen LogP contribution in [0.15, 0.2) is 18.2 Å². The van der Waals surface area contributed by atoms with Gasteiger partial charge in [-0.15, -0.1) is 0 Å². The molecular weight excluding hydrogens is 186 g/mol. The van der Waals surface area contributed by atoms with Crippen molar-refractivity contribution in [3.8, 4) is 0 Å². The van der Waals surface area contributed by atoms with E-state index in [1.54, 1.807) is 6.07 Å². The molecule has 0 fully saturated rings. The molecular formula is C10H14F2N2. The molecule has 0 spiro atoms. The summed E-state index contributed by atoms with van der Waals surface area (Å²) >= 11 is 0. The van der Waals surface area contributed by atoms with Gasteiger partial charge in [0.25, 0.3) is 6.43 Å². The number of hydrogen-bond acceptors (Lipinski definition) is 2. The smallest absolute Gasteiger partial charge is 0.250 e. The first-order valence-electron chi connectivity index (χ1n) is 4.43. The molecule has 0 aromatic heterocycles. The fourth-order valence-electron chi connectivity index (χ4n) is 1.13. The number of benzene rings is 1. The number of rotatable bonds is 4. The van der Waals surface area contributed by atoms with Crippen LogP contribution in [0.2, 0.25) is 0 Å². The molecule has 2 nitrogen and oxygen atoms in total. The molecule has 1 aromatic carbocycles. The largest absolute Gasteiger partial charge is 0.399 e. The van der Waals surface area contributed by atoms with Gasteiger partial charge in [-0.2, -0.15) is 0 Å². The highest BCUT2D eigenvalue weighted by Gasteiger charge is 2.01. The third-order valence-corrected chi connectivity index (χ3v) is 1.97. The third-order valence-electron chi connectivity index (χ3n) is 1.97. The quantitative estimate of drug-likeness (QED) is 0.729. The Morgan fingerprint density at radius 2 is 2.14 bits per heavy atom. The van der Waals surface area contributed by atoms with Gasteiger partial charge in [0.15, 0.2) is 0 Å². The van der Waals surface area contributed by atoms with Gasteiger partial charge >= 0.3 is 0 Å². The summed E-state index contributed by atoms with van der Waals surface area (Å²) in [4.78, 5) is 0. The second-order valence-electron chi connectivity index (χ2n) is 3.21. The van der Waals surface area contributed by atoms with Gasteiger partial charge in [-0.05, 0) is 24.1 Å². The van der Waals surface area contributed by atoms with Crippen LogP contribution in [0.1, 0.15) is 11.1 Å². The average Bonchev–Trinajstić information content (AvgIpc) is 2.10. The highest BCUT2D eigenvalue weighted by Crippen LogP contribution is 2.12. The van der Waals surface area contributed by atoms with Gasteiger partial charge < -0.3 is 11.1 Å². The van der Waals surface area contributed by atoms with Crippen molar-refractivity contribution in [2.45, 2.75) is 19.9 Å². The summed E-state index contributed by atoms with van der Waals surface area (Å²) in [7, 11) is 0. The van der Waals surface area contributed by atoms with Crippen molar-refractivity contribution >= 4 is 5.69 Å². The van der Waals surface area contributed by atoms with E-state index in [-0.39, 0.29) is 6.54 Å². The molecule has 3 N–H and O–H groups in total. The van der Waals surface area contributed by atoms with E-state index in [0.717, 1.165) is 11.1 Å². The second-order valence-corrected chi connectivity index (χ2v) is 3.21. The van der Waals surface area contributed by atoms with Crippen molar-refractivity contribution in [1.29, 1.82) is 0 Å². The van der Waals surface area contributed by atoms with Gasteiger partial charge in [-0.25, -0.2) is 8.78 Å². The number of nitrogens with two attached hydrogens (primary N) is 1. The van der Waals surface area contributed by atoms with Crippen molar-refractivity contribution in [1.82, 2.24) is 5.32 Å². The highest BCUT2D eigenvalue weighted by atomic mass is 19.3. The number of halogens is 2. The standard InChI is InChI=1S/C10H14F2N2/c1-7-2-3-8(4-9(7)13)5-14-6-10(11)12/h2-4,10,14H,5-6,13H2,1H3. The van der Waals surface area contributed by atoms with E-state index in [2.05, 4.69) is 5.32 Å². The third kappa shape index (κ3) is 3.30. The van der Waals surface area contributed by atoms with Crippen molar-refractivity contribution in [3.05, 3.63) is 29.3 Å². The van der Waals surface area contributed by atoms with Crippen LogP contribution in [-0.2, 0) is 6.54 Å². The number of alkyl halides is 2. The fraction of sp³-hybridized carbons (Fsp3) is 0.400. The molecule has 14 heavy (non-hydrogen) atoms. The summed E-state index contributed by atoms with van der Waals surface area (Å²) in [5, 5.41) is 2.64. The molecule has 0 bridgehead atoms. The summed E-state index contributed by atoms with van der Waals surface area (Å²) in [5.41, 5.74) is 8.30. The van der Waals surface area contributed by atoms with Crippen LogP contribution in [0.4, 0.5) is 14.5 Å². The summed E-state index contributed by atoms with van der Waals surface area (Å²) in [6.45, 7) is 2.05. The summed E-state index contributed by atoms with van der Waals surface area (Å²) < 4.78 is 23.6. The predicted molar refractivity (Wildman–Crippen MR) is 53.3 cm³/mol. The molecule has 0 aliphatic rings. The lowest BCUT2D eigenvalue weighted by atomic mass is 10.1. The van der Waals surface area contributed by atoms with Crippen LogP contribution in [-0.4, -0.2) is 13.0 Å². The topological polar surface area (TPSA) is 38.0 Å². The molecule has 78 valence electrons. The predicted octanol–water partition coefficient (Wildman–Crippen LogP) is 1.93. The van der Waals surface area contributed by atoms with Crippen LogP contribution < -0.4 is 11.1 Å². The van der Waals surface area contributed by atoms with Crippen LogP contribution in [0.3, 0.4) is 0 Å². The second kappa shape index (κ2) is 4.91. The van der Waals surface area contributed by atoms with Crippen LogP contribution in [0.25, 0.3) is 0 Å². The number of nitrogens with one attached hydrogen (secondary N) is 1. The van der Waals surface area contributed by atoms with E-state index in [4.69, 9.17) is 5.73 Å². The van der Waals surface area contributed by atoms with Gasteiger partial charge in [0.05, 0.1) is 6.54 Å². The molecule has 0 saturated carbocycles. The minimum atomic E-state index is -2.31. The lowest BCUT2D eigenvalue weighted by Crippen LogP contribution is -2.20. The molecule has 1 aromatic rings. The van der Waals surface area contributed by atoms with Crippen molar-refractivity contribution in [2.75, 3.05) is 12.3 Å². The minimum absolute atomic E-state index is 0.284. The Morgan fingerprint density at radius 3 is 2.71 bits per heavy atom. The lowest BCUT2D eigenvalue weighted by molar-refractivity contribution is 0.145. The lowest BCUT2D eigenvalue weighted by Gasteiger charge is -2.06. The highest BCUT2D eigenvalue weighted by molar-refractivity contribution is 5.48. The van der Waals surface area contributed by atoms with Crippen molar-refractivity contribution < 1.29 is 8.78 Å². The minimum Gasteiger partial charge on any atom is -0.399 e. The maximum atomic E-state index is 11.8. The molecule has 0 aliphatic heterocycles. The van der Waals surface area contributed by atoms with E-state index < -0.39 is 6.43 Å². The molecule has 0 atom stereocenters. The summed E-state index contributed by atoms with van der Waals surface area (Å²) in [5.74, 6) is 0. The molecule has 0 unspecified atom stereocenters. The van der Waals surface area contributed by atoms with E-state index in [0.29, 0.717) is 12.2 Å². The van der Waals surface area contributed by atoms with Gasteiger partial charge in [0.1, 0.15) is 0 Å². The molecule has 0 heterocycles. The van der Waals surface area contributed by atoms with Gasteiger partial charge in [0, 0.05) is 12.2 Å². The van der Waals surface area contributed by atoms with Gasteiger partial charge in [-0.1, -0.05) is 12.1 Å². The zero-order valence-electron chi connectivity index (χ0n) is 8.06. The number of aryl methyl sites for hydroxylation is 1. The summed E-state index contributed by atoms with van der Waals surface area (Å²) in [6, 6.07) is 5.56. The van der Waals surface area contributed by atoms with E-state index in [1.807, 2.05) is 19.1 Å². The first kappa shape index (κ1) is 10.9. The fourth-order valence-corrected chi connectivity index (χ4v) is 1.13. The maximum absolute atomic E-state index is 11.8.